The number of carbonyl (C=O) groups excluding carboxylic acids is 1. The van der Waals surface area contributed by atoms with Crippen molar-refractivity contribution in [3.05, 3.63) is 95.8 Å². The van der Waals surface area contributed by atoms with Crippen LogP contribution in [0.25, 0.3) is 0 Å². The van der Waals surface area contributed by atoms with Crippen LogP contribution in [-0.4, -0.2) is 9.99 Å². The van der Waals surface area contributed by atoms with Crippen LogP contribution in [0.4, 0.5) is 10.1 Å². The van der Waals surface area contributed by atoms with Crippen molar-refractivity contribution in [3.63, 3.8) is 0 Å². The highest BCUT2D eigenvalue weighted by molar-refractivity contribution is 7.86. The van der Waals surface area contributed by atoms with E-state index < -0.39 is 11.0 Å². The van der Waals surface area contributed by atoms with Gasteiger partial charge in [-0.3, -0.25) is 4.79 Å². The number of hydrogen-bond acceptors (Lipinski definition) is 2. The molecular formula is C19H14FNO2S. The molecule has 24 heavy (non-hydrogen) atoms. The Morgan fingerprint density at radius 1 is 0.792 bits per heavy atom. The molecule has 0 aliphatic rings. The summed E-state index contributed by atoms with van der Waals surface area (Å²) in [6.07, 6.45) is 0. The molecular weight excluding hydrogens is 325 g/mol. The van der Waals surface area contributed by atoms with Gasteiger partial charge in [0, 0.05) is 16.8 Å². The van der Waals surface area contributed by atoms with Gasteiger partial charge in [-0.25, -0.2) is 8.60 Å². The van der Waals surface area contributed by atoms with E-state index in [4.69, 9.17) is 0 Å². The van der Waals surface area contributed by atoms with Gasteiger partial charge < -0.3 is 4.72 Å². The molecule has 0 heterocycles. The smallest absolute Gasteiger partial charge is 0.193 e. The third-order valence-electron chi connectivity index (χ3n) is 3.42. The standard InChI is InChI=1S/C19H14FNO2S/c20-16-10-6-14(7-11-16)19(22)15-8-12-17(13-9-15)21-24(23)18-4-2-1-3-5-18/h1-13,21H/t24-/m1/s1. The third kappa shape index (κ3) is 3.75. The predicted octanol–water partition coefficient (Wildman–Crippen LogP) is 4.19. The summed E-state index contributed by atoms with van der Waals surface area (Å²) in [6, 6.07) is 21.1. The number of carbonyl (C=O) groups is 1. The van der Waals surface area contributed by atoms with Crippen LogP contribution in [0.2, 0.25) is 0 Å². The summed E-state index contributed by atoms with van der Waals surface area (Å²) in [5.41, 5.74) is 1.55. The zero-order valence-electron chi connectivity index (χ0n) is 12.6. The average Bonchev–Trinajstić information content (AvgIpc) is 2.63. The normalized spacial score (nSPS) is 11.7. The SMILES string of the molecule is O=C(c1ccc(F)cc1)c1ccc(N[S@](=O)c2ccccc2)cc1. The second-order valence-corrected chi connectivity index (χ2v) is 6.31. The fraction of sp³-hybridized carbons (Fsp3) is 0. The number of rotatable bonds is 5. The molecule has 0 unspecified atom stereocenters. The van der Waals surface area contributed by atoms with Crippen molar-refractivity contribution in [1.29, 1.82) is 0 Å². The van der Waals surface area contributed by atoms with E-state index in [1.807, 2.05) is 18.2 Å². The van der Waals surface area contributed by atoms with Crippen molar-refractivity contribution in [1.82, 2.24) is 0 Å². The Morgan fingerprint density at radius 2 is 1.33 bits per heavy atom. The minimum atomic E-state index is -1.37. The molecule has 0 amide bonds. The molecule has 0 spiro atoms. The van der Waals surface area contributed by atoms with E-state index in [-0.39, 0.29) is 11.6 Å². The molecule has 1 atom stereocenters. The zero-order valence-corrected chi connectivity index (χ0v) is 13.4. The minimum Gasteiger partial charge on any atom is -0.301 e. The monoisotopic (exact) mass is 339 g/mol. The van der Waals surface area contributed by atoms with E-state index in [9.17, 15) is 13.4 Å². The van der Waals surface area contributed by atoms with Crippen LogP contribution < -0.4 is 4.72 Å². The fourth-order valence-electron chi connectivity index (χ4n) is 2.17. The lowest BCUT2D eigenvalue weighted by atomic mass is 10.0. The molecule has 0 aliphatic carbocycles. The van der Waals surface area contributed by atoms with Crippen molar-refractivity contribution in [2.45, 2.75) is 4.90 Å². The molecule has 3 aromatic carbocycles. The molecule has 120 valence electrons. The van der Waals surface area contributed by atoms with Crippen molar-refractivity contribution >= 4 is 22.5 Å². The van der Waals surface area contributed by atoms with Crippen molar-refractivity contribution in [2.24, 2.45) is 0 Å². The number of halogens is 1. The summed E-state index contributed by atoms with van der Waals surface area (Å²) in [4.78, 5) is 13.0. The van der Waals surface area contributed by atoms with E-state index in [0.717, 1.165) is 0 Å². The maximum Gasteiger partial charge on any atom is 0.193 e. The number of benzene rings is 3. The first-order valence-electron chi connectivity index (χ1n) is 7.27. The molecule has 3 nitrogen and oxygen atoms in total. The predicted molar refractivity (Wildman–Crippen MR) is 92.7 cm³/mol. The van der Waals surface area contributed by atoms with Crippen LogP contribution >= 0.6 is 0 Å². The van der Waals surface area contributed by atoms with E-state index in [2.05, 4.69) is 4.72 Å². The van der Waals surface area contributed by atoms with Gasteiger partial charge in [-0.05, 0) is 60.7 Å². The Kier molecular flexibility index (Phi) is 4.82. The lowest BCUT2D eigenvalue weighted by Crippen LogP contribution is -2.05. The van der Waals surface area contributed by atoms with Gasteiger partial charge in [0.2, 0.25) is 0 Å². The highest BCUT2D eigenvalue weighted by Gasteiger charge is 2.10. The minimum absolute atomic E-state index is 0.189. The van der Waals surface area contributed by atoms with Crippen LogP contribution in [0.3, 0.4) is 0 Å². The summed E-state index contributed by atoms with van der Waals surface area (Å²) >= 11 is 0. The second-order valence-electron chi connectivity index (χ2n) is 5.10. The highest BCUT2D eigenvalue weighted by Crippen LogP contribution is 2.16. The van der Waals surface area contributed by atoms with Crippen molar-refractivity contribution in [2.75, 3.05) is 4.72 Å². The summed E-state index contributed by atoms with van der Waals surface area (Å²) in [7, 11) is -1.37. The first kappa shape index (κ1) is 16.1. The first-order chi connectivity index (χ1) is 11.6. The Labute approximate surface area is 141 Å². The van der Waals surface area contributed by atoms with Crippen LogP contribution in [0, 0.1) is 5.82 Å². The molecule has 0 radical (unpaired) electrons. The highest BCUT2D eigenvalue weighted by atomic mass is 32.2. The summed E-state index contributed by atoms with van der Waals surface area (Å²) in [5.74, 6) is -0.569. The van der Waals surface area contributed by atoms with E-state index >= 15 is 0 Å². The molecule has 5 heteroatoms. The zero-order chi connectivity index (χ0) is 16.9. The lowest BCUT2D eigenvalue weighted by Gasteiger charge is -2.07. The molecule has 1 N–H and O–H groups in total. The quantitative estimate of drug-likeness (QED) is 0.709. The van der Waals surface area contributed by atoms with Crippen LogP contribution in [0.1, 0.15) is 15.9 Å². The topological polar surface area (TPSA) is 46.2 Å². The third-order valence-corrected chi connectivity index (χ3v) is 4.54. The van der Waals surface area contributed by atoms with Gasteiger partial charge in [0.15, 0.2) is 5.78 Å². The Morgan fingerprint density at radius 3 is 1.92 bits per heavy atom. The summed E-state index contributed by atoms with van der Waals surface area (Å²) < 4.78 is 28.0. The molecule has 0 saturated heterocycles. The number of hydrogen-bond donors (Lipinski definition) is 1. The van der Waals surface area contributed by atoms with Crippen molar-refractivity contribution < 1.29 is 13.4 Å². The van der Waals surface area contributed by atoms with Gasteiger partial charge in [0.1, 0.15) is 16.8 Å². The molecule has 0 bridgehead atoms. The number of nitrogens with one attached hydrogen (secondary N) is 1. The van der Waals surface area contributed by atoms with Gasteiger partial charge in [-0.15, -0.1) is 0 Å². The van der Waals surface area contributed by atoms with Crippen LogP contribution in [-0.2, 0) is 11.0 Å². The van der Waals surface area contributed by atoms with E-state index in [1.165, 1.54) is 24.3 Å². The Bertz CT molecular complexity index is 862. The van der Waals surface area contributed by atoms with Crippen molar-refractivity contribution in [3.8, 4) is 0 Å². The summed E-state index contributed by atoms with van der Waals surface area (Å²) in [6.45, 7) is 0. The number of anilines is 1. The van der Waals surface area contributed by atoms with Gasteiger partial charge >= 0.3 is 0 Å². The van der Waals surface area contributed by atoms with Crippen LogP contribution in [0.15, 0.2) is 83.8 Å². The van der Waals surface area contributed by atoms with Gasteiger partial charge in [0.25, 0.3) is 0 Å². The Hall–Kier alpha value is -2.79. The molecule has 3 rings (SSSR count). The van der Waals surface area contributed by atoms with Gasteiger partial charge in [-0.2, -0.15) is 0 Å². The summed E-state index contributed by atoms with van der Waals surface area (Å²) in [5, 5.41) is 0. The number of ketones is 1. The average molecular weight is 339 g/mol. The fourth-order valence-corrected chi connectivity index (χ4v) is 3.04. The maximum absolute atomic E-state index is 12.9. The van der Waals surface area contributed by atoms with E-state index in [1.54, 1.807) is 36.4 Å². The molecule has 0 saturated carbocycles. The van der Waals surface area contributed by atoms with E-state index in [0.29, 0.717) is 21.7 Å². The largest absolute Gasteiger partial charge is 0.301 e. The Balaban J connectivity index is 1.72. The van der Waals surface area contributed by atoms with Gasteiger partial charge in [-0.1, -0.05) is 18.2 Å². The molecule has 0 fully saturated rings. The lowest BCUT2D eigenvalue weighted by molar-refractivity contribution is 0.103. The maximum atomic E-state index is 12.9. The molecule has 3 aromatic rings. The second kappa shape index (κ2) is 7.19. The van der Waals surface area contributed by atoms with Gasteiger partial charge in [0.05, 0.1) is 4.90 Å². The van der Waals surface area contributed by atoms with Crippen LogP contribution in [0.5, 0.6) is 0 Å². The first-order valence-corrected chi connectivity index (χ1v) is 8.42. The molecule has 0 aliphatic heterocycles. The molecule has 0 aromatic heterocycles.